The topological polar surface area (TPSA) is 117 Å². The Hall–Kier alpha value is -4.68. The first-order chi connectivity index (χ1) is 32.6. The minimum Gasteiger partial charge on any atom is -0.392 e. The maximum Gasteiger partial charge on any atom is 0.241 e. The van der Waals surface area contributed by atoms with E-state index in [4.69, 9.17) is 9.47 Å². The number of rotatable bonds is 28. The van der Waals surface area contributed by atoms with Crippen molar-refractivity contribution >= 4 is 15.9 Å². The Morgan fingerprint density at radius 1 is 0.672 bits per heavy atom. The van der Waals surface area contributed by atoms with E-state index in [0.717, 1.165) is 70.6 Å². The van der Waals surface area contributed by atoms with Crippen LogP contribution < -0.4 is 10.0 Å². The van der Waals surface area contributed by atoms with Crippen LogP contribution in [0.2, 0.25) is 0 Å². The first kappa shape index (κ1) is 51.7. The van der Waals surface area contributed by atoms with Crippen molar-refractivity contribution in [2.24, 2.45) is 0 Å². The van der Waals surface area contributed by atoms with Gasteiger partial charge in [-0.05, 0) is 96.9 Å². The molecule has 5 aromatic carbocycles. The fraction of sp³-hybridized carbons (Fsp3) is 0.456. The second-order valence-corrected chi connectivity index (χ2v) is 20.1. The van der Waals surface area contributed by atoms with Gasteiger partial charge in [-0.3, -0.25) is 4.79 Å². The van der Waals surface area contributed by atoms with Gasteiger partial charge in [-0.2, -0.15) is 4.72 Å². The van der Waals surface area contributed by atoms with Gasteiger partial charge in [0.2, 0.25) is 15.9 Å². The maximum atomic E-state index is 13.8. The quantitative estimate of drug-likeness (QED) is 0.0428. The molecular weight excluding hydrogens is 855 g/mol. The Morgan fingerprint density at radius 2 is 1.28 bits per heavy atom. The fourth-order valence-electron chi connectivity index (χ4n) is 8.90. The number of carbonyl (C=O) groups is 1. The zero-order valence-electron chi connectivity index (χ0n) is 40.2. The minimum atomic E-state index is -3.97. The highest BCUT2D eigenvalue weighted by molar-refractivity contribution is 7.89. The van der Waals surface area contributed by atoms with Gasteiger partial charge in [0.25, 0.3) is 0 Å². The summed E-state index contributed by atoms with van der Waals surface area (Å²) in [5, 5.41) is 12.8. The van der Waals surface area contributed by atoms with Crippen LogP contribution in [0.15, 0.2) is 132 Å². The van der Waals surface area contributed by atoms with Gasteiger partial charge >= 0.3 is 0 Å². The van der Waals surface area contributed by atoms with Crippen molar-refractivity contribution in [3.63, 3.8) is 0 Å². The molecule has 1 heterocycles. The highest BCUT2D eigenvalue weighted by Gasteiger charge is 2.33. The number of nitrogens with zero attached hydrogens (tertiary/aromatic N) is 1. The van der Waals surface area contributed by atoms with E-state index in [1.54, 1.807) is 24.3 Å². The summed E-state index contributed by atoms with van der Waals surface area (Å²) in [6, 6.07) is 39.5. The lowest BCUT2D eigenvalue weighted by atomic mass is 9.98. The van der Waals surface area contributed by atoms with Crippen molar-refractivity contribution in [1.29, 1.82) is 0 Å². The van der Waals surface area contributed by atoms with Crippen molar-refractivity contribution in [3.8, 4) is 11.1 Å². The van der Waals surface area contributed by atoms with E-state index < -0.39 is 28.3 Å². The molecule has 9 nitrogen and oxygen atoms in total. The second kappa shape index (κ2) is 27.3. The third-order valence-corrected chi connectivity index (χ3v) is 14.3. The lowest BCUT2D eigenvalue weighted by Crippen LogP contribution is -2.47. The molecule has 360 valence electrons. The molecule has 3 N–H and O–H groups in total. The van der Waals surface area contributed by atoms with Crippen LogP contribution in [0.3, 0.4) is 0 Å². The smallest absolute Gasteiger partial charge is 0.241 e. The van der Waals surface area contributed by atoms with E-state index in [-0.39, 0.29) is 36.7 Å². The van der Waals surface area contributed by atoms with E-state index in [1.165, 1.54) is 77.0 Å². The molecule has 1 amide bonds. The van der Waals surface area contributed by atoms with Crippen molar-refractivity contribution in [1.82, 2.24) is 14.9 Å². The standard InChI is InChI=1S/C57H75N3O6S/c1-4-6-8-10-12-17-35-60(36-18-13-11-9-7-5-2)42-52-40-55(48-31-29-46(43-61)30-32-48)66-57(65-52)51-26-20-25-50(39-51)49-24-19-23-47(37-49)41-58-56(62)54(38-45-21-15-14-16-22-45)59-67(63,64)53-33-27-44(3)28-34-53/h14-16,19-34,37,39,52,54-55,57,59,61H,4-13,17-18,35-36,38,40-43H2,1-3H3,(H,58,62). The second-order valence-electron chi connectivity index (χ2n) is 18.4. The molecule has 5 aromatic rings. The van der Waals surface area contributed by atoms with Crippen molar-refractivity contribution < 1.29 is 27.8 Å². The number of hydrogen-bond acceptors (Lipinski definition) is 7. The monoisotopic (exact) mass is 930 g/mol. The minimum absolute atomic E-state index is 0.00276. The van der Waals surface area contributed by atoms with Crippen LogP contribution in [0.4, 0.5) is 0 Å². The number of aliphatic hydroxyl groups is 1. The van der Waals surface area contributed by atoms with Crippen LogP contribution in [-0.4, -0.2) is 56.1 Å². The van der Waals surface area contributed by atoms with Crippen LogP contribution in [0, 0.1) is 6.92 Å². The van der Waals surface area contributed by atoms with Crippen molar-refractivity contribution in [2.45, 2.75) is 153 Å². The van der Waals surface area contributed by atoms with Gasteiger partial charge in [0.05, 0.1) is 23.7 Å². The highest BCUT2D eigenvalue weighted by atomic mass is 32.2. The molecule has 67 heavy (non-hydrogen) atoms. The summed E-state index contributed by atoms with van der Waals surface area (Å²) in [5.41, 5.74) is 7.51. The molecule has 1 fully saturated rings. The number of hydrogen-bond donors (Lipinski definition) is 3. The summed E-state index contributed by atoms with van der Waals surface area (Å²) in [6.45, 7) is 9.65. The number of benzene rings is 5. The van der Waals surface area contributed by atoms with Crippen LogP contribution in [0.5, 0.6) is 0 Å². The molecule has 0 aromatic heterocycles. The maximum absolute atomic E-state index is 13.8. The molecule has 4 unspecified atom stereocenters. The molecule has 1 aliphatic rings. The number of aryl methyl sites for hydroxylation is 1. The lowest BCUT2D eigenvalue weighted by Gasteiger charge is -2.38. The number of nitrogens with one attached hydrogen (secondary N) is 2. The van der Waals surface area contributed by atoms with Gasteiger partial charge in [-0.15, -0.1) is 0 Å². The molecule has 1 saturated heterocycles. The Bertz CT molecular complexity index is 2310. The van der Waals surface area contributed by atoms with Gasteiger partial charge in [-0.25, -0.2) is 8.42 Å². The van der Waals surface area contributed by atoms with Crippen LogP contribution >= 0.6 is 0 Å². The summed E-state index contributed by atoms with van der Waals surface area (Å²) >= 11 is 0. The SMILES string of the molecule is CCCCCCCCN(CCCCCCCC)CC1CC(c2ccc(CO)cc2)OC(c2cccc(-c3cccc(CNC(=O)C(Cc4ccccc4)NS(=O)(=O)c4ccc(C)cc4)c3)c2)O1. The highest BCUT2D eigenvalue weighted by Crippen LogP contribution is 2.39. The van der Waals surface area contributed by atoms with Crippen molar-refractivity contribution in [3.05, 3.63) is 161 Å². The van der Waals surface area contributed by atoms with Gasteiger partial charge in [0.1, 0.15) is 6.04 Å². The normalized spacial score (nSPS) is 16.8. The van der Waals surface area contributed by atoms with E-state index in [1.807, 2.05) is 67.6 Å². The third-order valence-electron chi connectivity index (χ3n) is 12.8. The number of ether oxygens (including phenoxy) is 2. The molecule has 6 rings (SSSR count). The molecule has 4 atom stereocenters. The predicted octanol–water partition coefficient (Wildman–Crippen LogP) is 11.9. The van der Waals surface area contributed by atoms with Crippen LogP contribution in [-0.2, 0) is 43.9 Å². The summed E-state index contributed by atoms with van der Waals surface area (Å²) in [6.07, 6.45) is 15.4. The number of amides is 1. The lowest BCUT2D eigenvalue weighted by molar-refractivity contribution is -0.253. The number of sulfonamides is 1. The molecule has 10 heteroatoms. The van der Waals surface area contributed by atoms with Crippen molar-refractivity contribution in [2.75, 3.05) is 19.6 Å². The number of carbonyl (C=O) groups excluding carboxylic acids is 1. The van der Waals surface area contributed by atoms with E-state index >= 15 is 0 Å². The average molecular weight is 930 g/mol. The molecule has 0 saturated carbocycles. The molecule has 0 bridgehead atoms. The van der Waals surface area contributed by atoms with E-state index in [9.17, 15) is 18.3 Å². The van der Waals surface area contributed by atoms with E-state index in [2.05, 4.69) is 71.3 Å². The summed E-state index contributed by atoms with van der Waals surface area (Å²) in [4.78, 5) is 16.6. The number of unbranched alkanes of at least 4 members (excludes halogenated alkanes) is 10. The number of aliphatic hydroxyl groups excluding tert-OH is 1. The summed E-state index contributed by atoms with van der Waals surface area (Å²) in [7, 11) is -3.97. The van der Waals surface area contributed by atoms with Crippen LogP contribution in [0.25, 0.3) is 11.1 Å². The fourth-order valence-corrected chi connectivity index (χ4v) is 10.1. The first-order valence-electron chi connectivity index (χ1n) is 25.0. The summed E-state index contributed by atoms with van der Waals surface area (Å²) < 4.78 is 43.4. The Labute approximate surface area is 401 Å². The Balaban J connectivity index is 1.17. The zero-order chi connectivity index (χ0) is 47.3. The first-order valence-corrected chi connectivity index (χ1v) is 26.4. The van der Waals surface area contributed by atoms with Gasteiger partial charge < -0.3 is 24.8 Å². The predicted molar refractivity (Wildman–Crippen MR) is 271 cm³/mol. The molecular formula is C57H75N3O6S. The molecule has 0 aliphatic carbocycles. The Kier molecular flexibility index (Phi) is 21.1. The summed E-state index contributed by atoms with van der Waals surface area (Å²) in [5.74, 6) is -0.411. The van der Waals surface area contributed by atoms with E-state index in [0.29, 0.717) is 0 Å². The van der Waals surface area contributed by atoms with Gasteiger partial charge in [0, 0.05) is 25.1 Å². The van der Waals surface area contributed by atoms with Gasteiger partial charge in [0.15, 0.2) is 6.29 Å². The molecule has 0 spiro atoms. The zero-order valence-corrected chi connectivity index (χ0v) is 41.0. The van der Waals surface area contributed by atoms with Gasteiger partial charge in [-0.1, -0.05) is 187 Å². The third kappa shape index (κ3) is 16.8. The van der Waals surface area contributed by atoms with Crippen LogP contribution in [0.1, 0.15) is 143 Å². The largest absolute Gasteiger partial charge is 0.392 e. The average Bonchev–Trinajstić information content (AvgIpc) is 3.35. The molecule has 0 radical (unpaired) electrons. The molecule has 1 aliphatic heterocycles. The Morgan fingerprint density at radius 3 is 1.94 bits per heavy atom.